The van der Waals surface area contributed by atoms with Gasteiger partial charge in [-0.2, -0.15) is 0 Å². The summed E-state index contributed by atoms with van der Waals surface area (Å²) in [6.45, 7) is 3.74. The van der Waals surface area contributed by atoms with Crippen LogP contribution < -0.4 is 5.32 Å². The molecular weight excluding hydrogens is 252 g/mol. The second-order valence-electron chi connectivity index (χ2n) is 4.36. The third-order valence-electron chi connectivity index (χ3n) is 2.85. The van der Waals surface area contributed by atoms with E-state index in [0.29, 0.717) is 5.56 Å². The van der Waals surface area contributed by atoms with Gasteiger partial charge in [0.2, 0.25) is 0 Å². The van der Waals surface area contributed by atoms with Crippen LogP contribution in [0.15, 0.2) is 23.7 Å². The van der Waals surface area contributed by atoms with Crippen molar-refractivity contribution in [3.05, 3.63) is 40.6 Å². The Morgan fingerprint density at radius 2 is 2.17 bits per heavy atom. The fourth-order valence-corrected chi connectivity index (χ4v) is 2.92. The molecule has 0 radical (unpaired) electrons. The number of hydrogen-bond donors (Lipinski definition) is 1. The lowest BCUT2D eigenvalue weighted by Crippen LogP contribution is -2.35. The monoisotopic (exact) mass is 266 g/mol. The number of sulfone groups is 1. The molecule has 5 nitrogen and oxygen atoms in total. The van der Waals surface area contributed by atoms with E-state index in [-0.39, 0.29) is 11.7 Å². The van der Waals surface area contributed by atoms with Crippen molar-refractivity contribution in [1.29, 1.82) is 0 Å². The van der Waals surface area contributed by atoms with E-state index in [1.165, 1.54) is 12.3 Å². The van der Waals surface area contributed by atoms with Gasteiger partial charge in [0.15, 0.2) is 9.84 Å². The van der Waals surface area contributed by atoms with Crippen LogP contribution >= 0.6 is 0 Å². The molecule has 0 saturated heterocycles. The Hall–Kier alpha value is -1.69. The predicted molar refractivity (Wildman–Crippen MR) is 67.9 cm³/mol. The maximum Gasteiger partial charge on any atom is 0.253 e. The van der Waals surface area contributed by atoms with Gasteiger partial charge in [0.1, 0.15) is 0 Å². The molecule has 96 valence electrons. The molecule has 0 unspecified atom stereocenters. The van der Waals surface area contributed by atoms with Gasteiger partial charge in [-0.05, 0) is 31.6 Å². The van der Waals surface area contributed by atoms with E-state index in [0.717, 1.165) is 16.7 Å². The van der Waals surface area contributed by atoms with Crippen LogP contribution in [0.2, 0.25) is 0 Å². The third kappa shape index (κ3) is 2.76. The van der Waals surface area contributed by atoms with E-state index in [1.54, 1.807) is 6.07 Å². The van der Waals surface area contributed by atoms with Crippen molar-refractivity contribution in [2.45, 2.75) is 19.9 Å². The third-order valence-corrected chi connectivity index (χ3v) is 4.24. The molecule has 2 rings (SSSR count). The first-order valence-electron chi connectivity index (χ1n) is 5.52. The maximum absolute atomic E-state index is 11.9. The van der Waals surface area contributed by atoms with Crippen molar-refractivity contribution < 1.29 is 13.2 Å². The molecule has 0 aliphatic carbocycles. The molecule has 1 amide bonds. The first-order chi connectivity index (χ1) is 8.37. The topological polar surface area (TPSA) is 76.1 Å². The van der Waals surface area contributed by atoms with E-state index < -0.39 is 15.9 Å². The van der Waals surface area contributed by atoms with Crippen molar-refractivity contribution in [3.8, 4) is 0 Å². The van der Waals surface area contributed by atoms with Gasteiger partial charge < -0.3 is 5.32 Å². The smallest absolute Gasteiger partial charge is 0.253 e. The molecule has 1 aromatic heterocycles. The lowest BCUT2D eigenvalue weighted by Gasteiger charge is -2.10. The highest BCUT2D eigenvalue weighted by atomic mass is 32.2. The first-order valence-corrected chi connectivity index (χ1v) is 7.24. The molecular formula is C12H14N2O3S. The summed E-state index contributed by atoms with van der Waals surface area (Å²) >= 11 is 0. The summed E-state index contributed by atoms with van der Waals surface area (Å²) in [5.41, 5.74) is 2.24. The Kier molecular flexibility index (Phi) is 3.21. The second-order valence-corrected chi connectivity index (χ2v) is 6.30. The van der Waals surface area contributed by atoms with Crippen LogP contribution in [0, 0.1) is 13.8 Å². The van der Waals surface area contributed by atoms with Gasteiger partial charge in [0.25, 0.3) is 5.91 Å². The minimum atomic E-state index is -3.15. The van der Waals surface area contributed by atoms with Crippen molar-refractivity contribution in [2.75, 3.05) is 5.75 Å². The number of nitrogens with one attached hydrogen (secondary N) is 1. The van der Waals surface area contributed by atoms with Crippen molar-refractivity contribution in [1.82, 2.24) is 10.3 Å². The summed E-state index contributed by atoms with van der Waals surface area (Å²) in [6, 6.07) is 1.29. The van der Waals surface area contributed by atoms with Gasteiger partial charge in [-0.15, -0.1) is 0 Å². The number of amides is 1. The summed E-state index contributed by atoms with van der Waals surface area (Å²) in [5, 5.41) is 3.79. The van der Waals surface area contributed by atoms with Gasteiger partial charge in [0, 0.05) is 17.3 Å². The summed E-state index contributed by atoms with van der Waals surface area (Å²) in [6.07, 6.45) is 2.98. The standard InChI is InChI=1S/C12H14N2O3S/c1-8-5-10(6-13-9(8)2)12(15)14-11-3-4-18(16,17)7-11/h3-6,11H,7H2,1-2H3,(H,14,15)/t11-/m0/s1. The molecule has 1 aliphatic rings. The van der Waals surface area contributed by atoms with E-state index in [4.69, 9.17) is 0 Å². The molecule has 1 aromatic rings. The zero-order valence-corrected chi connectivity index (χ0v) is 11.0. The number of hydrogen-bond acceptors (Lipinski definition) is 4. The molecule has 18 heavy (non-hydrogen) atoms. The van der Waals surface area contributed by atoms with Gasteiger partial charge in [0.05, 0.1) is 17.4 Å². The molecule has 2 heterocycles. The Morgan fingerprint density at radius 1 is 1.44 bits per heavy atom. The highest BCUT2D eigenvalue weighted by molar-refractivity contribution is 7.94. The normalized spacial score (nSPS) is 20.9. The Bertz CT molecular complexity index is 620. The van der Waals surface area contributed by atoms with Crippen molar-refractivity contribution in [2.24, 2.45) is 0 Å². The molecule has 0 fully saturated rings. The zero-order valence-electron chi connectivity index (χ0n) is 10.2. The number of nitrogens with zero attached hydrogens (tertiary/aromatic N) is 1. The number of carbonyl (C=O) groups excluding carboxylic acids is 1. The van der Waals surface area contributed by atoms with Crippen molar-refractivity contribution in [3.63, 3.8) is 0 Å². The number of carbonyl (C=O) groups is 1. The second kappa shape index (κ2) is 4.53. The Morgan fingerprint density at radius 3 is 2.72 bits per heavy atom. The highest BCUT2D eigenvalue weighted by Gasteiger charge is 2.23. The molecule has 0 saturated carbocycles. The van der Waals surface area contributed by atoms with Crippen molar-refractivity contribution >= 4 is 15.7 Å². The van der Waals surface area contributed by atoms with Gasteiger partial charge in [-0.1, -0.05) is 0 Å². The maximum atomic E-state index is 11.9. The largest absolute Gasteiger partial charge is 0.345 e. The number of pyridine rings is 1. The molecule has 1 aliphatic heterocycles. The first kappa shape index (κ1) is 12.8. The highest BCUT2D eigenvalue weighted by Crippen LogP contribution is 2.10. The quantitative estimate of drug-likeness (QED) is 0.856. The summed E-state index contributed by atoms with van der Waals surface area (Å²) in [5.74, 6) is -0.380. The van der Waals surface area contributed by atoms with E-state index in [1.807, 2.05) is 13.8 Å². The van der Waals surface area contributed by atoms with Crippen LogP contribution in [0.25, 0.3) is 0 Å². The predicted octanol–water partition coefficient (Wildman–Crippen LogP) is 0.739. The SMILES string of the molecule is Cc1cc(C(=O)N[C@H]2C=CS(=O)(=O)C2)cnc1C. The van der Waals surface area contributed by atoms with Gasteiger partial charge in [-0.25, -0.2) is 8.42 Å². The molecule has 6 heteroatoms. The van der Waals surface area contributed by atoms with Crippen LogP contribution in [0.4, 0.5) is 0 Å². The van der Waals surface area contributed by atoms with Crippen LogP contribution in [-0.4, -0.2) is 31.1 Å². The number of rotatable bonds is 2. The molecule has 1 atom stereocenters. The Balaban J connectivity index is 2.09. The van der Waals surface area contributed by atoms with E-state index in [9.17, 15) is 13.2 Å². The van der Waals surface area contributed by atoms with E-state index >= 15 is 0 Å². The molecule has 0 spiro atoms. The number of aryl methyl sites for hydroxylation is 2. The number of aromatic nitrogens is 1. The lowest BCUT2D eigenvalue weighted by atomic mass is 10.1. The lowest BCUT2D eigenvalue weighted by molar-refractivity contribution is 0.0947. The Labute approximate surface area is 106 Å². The molecule has 0 aromatic carbocycles. The van der Waals surface area contributed by atoms with E-state index in [2.05, 4.69) is 10.3 Å². The summed E-state index contributed by atoms with van der Waals surface area (Å²) < 4.78 is 22.4. The minimum Gasteiger partial charge on any atom is -0.345 e. The summed E-state index contributed by atoms with van der Waals surface area (Å²) in [7, 11) is -3.15. The van der Waals surface area contributed by atoms with Gasteiger partial charge >= 0.3 is 0 Å². The minimum absolute atomic E-state index is 0.0724. The van der Waals surface area contributed by atoms with Crippen LogP contribution in [0.5, 0.6) is 0 Å². The summed E-state index contributed by atoms with van der Waals surface area (Å²) in [4.78, 5) is 16.0. The fourth-order valence-electron chi connectivity index (χ4n) is 1.68. The van der Waals surface area contributed by atoms with Crippen LogP contribution in [0.1, 0.15) is 21.6 Å². The average Bonchev–Trinajstić information content (AvgIpc) is 2.62. The zero-order chi connectivity index (χ0) is 13.3. The van der Waals surface area contributed by atoms with Crippen LogP contribution in [0.3, 0.4) is 0 Å². The van der Waals surface area contributed by atoms with Gasteiger partial charge in [-0.3, -0.25) is 9.78 Å². The fraction of sp³-hybridized carbons (Fsp3) is 0.333. The molecule has 0 bridgehead atoms. The molecule has 1 N–H and O–H groups in total. The average molecular weight is 266 g/mol. The van der Waals surface area contributed by atoms with Crippen LogP contribution in [-0.2, 0) is 9.84 Å².